The molecule has 2 fully saturated rings. The zero-order valence-corrected chi connectivity index (χ0v) is 13.9. The molecule has 23 heavy (non-hydrogen) atoms. The predicted octanol–water partition coefficient (Wildman–Crippen LogP) is 1.27. The fraction of sp³-hybridized carbons (Fsp3) is 0.611. The van der Waals surface area contributed by atoms with E-state index < -0.39 is 0 Å². The van der Waals surface area contributed by atoms with E-state index in [-0.39, 0.29) is 18.1 Å². The predicted molar refractivity (Wildman–Crippen MR) is 90.2 cm³/mol. The van der Waals surface area contributed by atoms with Crippen LogP contribution in [0, 0.1) is 0 Å². The third-order valence-corrected chi connectivity index (χ3v) is 4.74. The van der Waals surface area contributed by atoms with Crippen LogP contribution in [0.3, 0.4) is 0 Å². The van der Waals surface area contributed by atoms with Crippen molar-refractivity contribution in [2.45, 2.75) is 25.5 Å². The van der Waals surface area contributed by atoms with Crippen LogP contribution in [0.25, 0.3) is 0 Å². The van der Waals surface area contributed by atoms with Crippen molar-refractivity contribution in [2.24, 2.45) is 0 Å². The lowest BCUT2D eigenvalue weighted by Gasteiger charge is -2.39. The Kier molecular flexibility index (Phi) is 5.65. The first kappa shape index (κ1) is 16.4. The largest absolute Gasteiger partial charge is 0.375 e. The van der Waals surface area contributed by atoms with Crippen LogP contribution in [0.2, 0.25) is 0 Å². The summed E-state index contributed by atoms with van der Waals surface area (Å²) in [5.74, 6) is 0.275. The Labute approximate surface area is 138 Å². The van der Waals surface area contributed by atoms with E-state index in [9.17, 15) is 4.79 Å². The van der Waals surface area contributed by atoms with E-state index in [1.807, 2.05) is 11.0 Å². The van der Waals surface area contributed by atoms with Crippen LogP contribution in [0.1, 0.15) is 24.9 Å². The Morgan fingerprint density at radius 1 is 1.26 bits per heavy atom. The van der Waals surface area contributed by atoms with Crippen molar-refractivity contribution in [3.05, 3.63) is 35.9 Å². The van der Waals surface area contributed by atoms with E-state index in [1.54, 1.807) is 0 Å². The summed E-state index contributed by atoms with van der Waals surface area (Å²) in [6.45, 7) is 7.98. The third-order valence-electron chi connectivity index (χ3n) is 4.74. The molecule has 1 N–H and O–H groups in total. The van der Waals surface area contributed by atoms with E-state index in [0.29, 0.717) is 13.0 Å². The Bertz CT molecular complexity index is 502. The normalized spacial score (nSPS) is 26.2. The van der Waals surface area contributed by atoms with E-state index in [0.717, 1.165) is 39.3 Å². The number of morpholine rings is 1. The minimum absolute atomic E-state index is 0.226. The van der Waals surface area contributed by atoms with Crippen molar-refractivity contribution in [3.63, 3.8) is 0 Å². The molecule has 3 rings (SSSR count). The smallest absolute Gasteiger partial charge is 0.223 e. The van der Waals surface area contributed by atoms with Gasteiger partial charge in [-0.1, -0.05) is 30.3 Å². The molecule has 0 aliphatic carbocycles. The molecule has 1 aromatic carbocycles. The number of nitrogens with zero attached hydrogens (tertiary/aromatic N) is 2. The molecule has 5 heteroatoms. The first-order valence-corrected chi connectivity index (χ1v) is 8.63. The Morgan fingerprint density at radius 3 is 2.74 bits per heavy atom. The second-order valence-corrected chi connectivity index (χ2v) is 6.45. The highest BCUT2D eigenvalue weighted by Crippen LogP contribution is 2.26. The van der Waals surface area contributed by atoms with Gasteiger partial charge < -0.3 is 15.0 Å². The molecule has 126 valence electrons. The van der Waals surface area contributed by atoms with Gasteiger partial charge in [0.25, 0.3) is 0 Å². The maximum Gasteiger partial charge on any atom is 0.223 e. The number of hydrogen-bond acceptors (Lipinski definition) is 4. The summed E-state index contributed by atoms with van der Waals surface area (Å²) in [5.41, 5.74) is 1.27. The van der Waals surface area contributed by atoms with Gasteiger partial charge in [-0.2, -0.15) is 0 Å². The number of ether oxygens (including phenoxy) is 1. The van der Waals surface area contributed by atoms with Gasteiger partial charge in [0.2, 0.25) is 5.91 Å². The minimum Gasteiger partial charge on any atom is -0.375 e. The molecular formula is C18H27N3O2. The van der Waals surface area contributed by atoms with Crippen molar-refractivity contribution in [3.8, 4) is 0 Å². The van der Waals surface area contributed by atoms with Crippen molar-refractivity contribution in [1.29, 1.82) is 0 Å². The van der Waals surface area contributed by atoms with Crippen LogP contribution in [0.15, 0.2) is 30.3 Å². The summed E-state index contributed by atoms with van der Waals surface area (Å²) >= 11 is 0. The monoisotopic (exact) mass is 317 g/mol. The summed E-state index contributed by atoms with van der Waals surface area (Å²) in [4.78, 5) is 16.8. The number of hydrogen-bond donors (Lipinski definition) is 1. The van der Waals surface area contributed by atoms with Crippen molar-refractivity contribution in [2.75, 3.05) is 45.9 Å². The highest BCUT2D eigenvalue weighted by Gasteiger charge is 2.28. The van der Waals surface area contributed by atoms with Crippen molar-refractivity contribution >= 4 is 5.91 Å². The summed E-state index contributed by atoms with van der Waals surface area (Å²) in [6, 6.07) is 10.7. The second kappa shape index (κ2) is 7.90. The number of amides is 1. The van der Waals surface area contributed by atoms with Crippen LogP contribution >= 0.6 is 0 Å². The molecule has 1 amide bonds. The summed E-state index contributed by atoms with van der Waals surface area (Å²) in [5, 5.41) is 3.29. The number of benzene rings is 1. The topological polar surface area (TPSA) is 44.8 Å². The summed E-state index contributed by atoms with van der Waals surface area (Å²) in [7, 11) is 0. The van der Waals surface area contributed by atoms with Crippen molar-refractivity contribution in [1.82, 2.24) is 15.1 Å². The minimum atomic E-state index is 0.226. The molecule has 0 bridgehead atoms. The standard InChI is InChI=1S/C18H27N3O2/c1-15-13-21(10-7-18(22)20-11-8-19-9-12-20)17(14-23-15)16-5-3-2-4-6-16/h2-6,15,17,19H,7-14H2,1H3. The molecule has 2 heterocycles. The first-order valence-electron chi connectivity index (χ1n) is 8.63. The maximum absolute atomic E-state index is 12.4. The third kappa shape index (κ3) is 4.31. The molecule has 0 radical (unpaired) electrons. The van der Waals surface area contributed by atoms with Gasteiger partial charge in [-0.25, -0.2) is 0 Å². The van der Waals surface area contributed by atoms with E-state index in [2.05, 4.69) is 41.4 Å². The van der Waals surface area contributed by atoms with Gasteiger partial charge >= 0.3 is 0 Å². The van der Waals surface area contributed by atoms with Gasteiger partial charge in [-0.3, -0.25) is 9.69 Å². The summed E-state index contributed by atoms with van der Waals surface area (Å²) < 4.78 is 5.85. The molecular weight excluding hydrogens is 290 g/mol. The zero-order chi connectivity index (χ0) is 16.1. The average molecular weight is 317 g/mol. The molecule has 2 aliphatic rings. The second-order valence-electron chi connectivity index (χ2n) is 6.45. The van der Waals surface area contributed by atoms with E-state index in [1.165, 1.54) is 5.56 Å². The van der Waals surface area contributed by atoms with Gasteiger partial charge in [0, 0.05) is 45.7 Å². The SMILES string of the molecule is CC1CN(CCC(=O)N2CCNCC2)C(c2ccccc2)CO1. The molecule has 0 aromatic heterocycles. The Morgan fingerprint density at radius 2 is 2.00 bits per heavy atom. The Hall–Kier alpha value is -1.43. The van der Waals surface area contributed by atoms with Gasteiger partial charge in [-0.15, -0.1) is 0 Å². The van der Waals surface area contributed by atoms with Crippen LogP contribution in [-0.2, 0) is 9.53 Å². The molecule has 2 unspecified atom stereocenters. The number of nitrogens with one attached hydrogen (secondary N) is 1. The molecule has 2 atom stereocenters. The fourth-order valence-corrected chi connectivity index (χ4v) is 3.41. The highest BCUT2D eigenvalue weighted by atomic mass is 16.5. The number of rotatable bonds is 4. The molecule has 2 aliphatic heterocycles. The lowest BCUT2D eigenvalue weighted by molar-refractivity contribution is -0.133. The number of carbonyl (C=O) groups is 1. The van der Waals surface area contributed by atoms with Crippen LogP contribution < -0.4 is 5.32 Å². The molecule has 0 spiro atoms. The van der Waals surface area contributed by atoms with Crippen molar-refractivity contribution < 1.29 is 9.53 Å². The summed E-state index contributed by atoms with van der Waals surface area (Å²) in [6.07, 6.45) is 0.819. The maximum atomic E-state index is 12.4. The molecule has 5 nitrogen and oxygen atoms in total. The molecule has 2 saturated heterocycles. The van der Waals surface area contributed by atoms with Crippen LogP contribution in [0.5, 0.6) is 0 Å². The molecule has 1 aromatic rings. The van der Waals surface area contributed by atoms with Crippen LogP contribution in [0.4, 0.5) is 0 Å². The zero-order valence-electron chi connectivity index (χ0n) is 13.9. The highest BCUT2D eigenvalue weighted by molar-refractivity contribution is 5.76. The van der Waals surface area contributed by atoms with Gasteiger partial charge in [0.1, 0.15) is 0 Å². The lowest BCUT2D eigenvalue weighted by Crippen LogP contribution is -2.48. The first-order chi connectivity index (χ1) is 11.2. The Balaban J connectivity index is 1.59. The number of piperazine rings is 1. The number of carbonyl (C=O) groups excluding carboxylic acids is 1. The van der Waals surface area contributed by atoms with Crippen LogP contribution in [-0.4, -0.2) is 67.7 Å². The molecule has 0 saturated carbocycles. The van der Waals surface area contributed by atoms with Gasteiger partial charge in [0.05, 0.1) is 18.8 Å². The van der Waals surface area contributed by atoms with E-state index >= 15 is 0 Å². The fourth-order valence-electron chi connectivity index (χ4n) is 3.41. The lowest BCUT2D eigenvalue weighted by atomic mass is 10.0. The van der Waals surface area contributed by atoms with Gasteiger partial charge in [0.15, 0.2) is 0 Å². The van der Waals surface area contributed by atoms with Gasteiger partial charge in [-0.05, 0) is 12.5 Å². The quantitative estimate of drug-likeness (QED) is 0.908. The van der Waals surface area contributed by atoms with E-state index in [4.69, 9.17) is 4.74 Å². The average Bonchev–Trinajstić information content (AvgIpc) is 2.61.